The van der Waals surface area contributed by atoms with Crippen LogP contribution in [-0.2, 0) is 4.74 Å². The standard InChI is InChI=1S/C21H21FN10O/c22-14-9-30(21(10-23)11-33-12-21)6-4-16(14)26-20-27-19(24)18-13(3-7-32(18)29-20)15-1-2-17-25-5-8-31(17)28-15/h1-3,5,7-8,14,16H,4,6,9,11-12H2,(H3,24,26,27,29)/t14-,16+/m1/s1. The third kappa shape index (κ3) is 3.16. The number of nitrogen functional groups attached to an aromatic ring is 1. The van der Waals surface area contributed by atoms with E-state index in [0.717, 1.165) is 11.2 Å². The van der Waals surface area contributed by atoms with E-state index in [0.29, 0.717) is 37.4 Å². The zero-order chi connectivity index (χ0) is 22.6. The second-order valence-corrected chi connectivity index (χ2v) is 8.43. The Morgan fingerprint density at radius 1 is 1.21 bits per heavy atom. The molecule has 0 saturated carbocycles. The summed E-state index contributed by atoms with van der Waals surface area (Å²) in [5.41, 5.74) is 8.45. The van der Waals surface area contributed by atoms with Crippen molar-refractivity contribution in [3.8, 4) is 17.3 Å². The average molecular weight is 448 g/mol. The molecule has 0 unspecified atom stereocenters. The summed E-state index contributed by atoms with van der Waals surface area (Å²) in [6, 6.07) is 7.41. The molecule has 6 heterocycles. The van der Waals surface area contributed by atoms with Crippen LogP contribution in [0.3, 0.4) is 0 Å². The number of imidazole rings is 1. The molecule has 3 N–H and O–H groups in total. The largest absolute Gasteiger partial charge is 0.382 e. The minimum atomic E-state index is -1.18. The zero-order valence-electron chi connectivity index (χ0n) is 17.6. The molecule has 0 amide bonds. The molecule has 0 spiro atoms. The Labute approximate surface area is 187 Å². The van der Waals surface area contributed by atoms with Crippen molar-refractivity contribution in [3.63, 3.8) is 0 Å². The van der Waals surface area contributed by atoms with Crippen LogP contribution in [0, 0.1) is 11.3 Å². The topological polar surface area (TPSA) is 135 Å². The summed E-state index contributed by atoms with van der Waals surface area (Å²) in [4.78, 5) is 10.5. The number of nitrogens with one attached hydrogen (secondary N) is 1. The first-order valence-corrected chi connectivity index (χ1v) is 10.7. The highest BCUT2D eigenvalue weighted by atomic mass is 19.1. The van der Waals surface area contributed by atoms with Crippen molar-refractivity contribution < 1.29 is 9.13 Å². The molecule has 2 atom stereocenters. The number of likely N-dealkylation sites (tertiary alicyclic amines) is 1. The molecule has 0 aliphatic carbocycles. The van der Waals surface area contributed by atoms with E-state index in [1.807, 2.05) is 23.1 Å². The van der Waals surface area contributed by atoms with Gasteiger partial charge in [-0.15, -0.1) is 5.10 Å². The molecule has 4 aromatic rings. The molecule has 11 nitrogen and oxygen atoms in total. The Bertz CT molecular complexity index is 1390. The van der Waals surface area contributed by atoms with Gasteiger partial charge in [-0.05, 0) is 24.6 Å². The Morgan fingerprint density at radius 3 is 2.85 bits per heavy atom. The maximum atomic E-state index is 15.0. The number of hydrogen-bond donors (Lipinski definition) is 2. The fourth-order valence-corrected chi connectivity index (χ4v) is 4.51. The number of alkyl halides is 1. The van der Waals surface area contributed by atoms with Gasteiger partial charge >= 0.3 is 0 Å². The van der Waals surface area contributed by atoms with Crippen LogP contribution in [0.2, 0.25) is 0 Å². The molecule has 2 aliphatic heterocycles. The number of ether oxygens (including phenoxy) is 1. The van der Waals surface area contributed by atoms with E-state index in [2.05, 4.69) is 31.6 Å². The highest BCUT2D eigenvalue weighted by molar-refractivity contribution is 5.86. The molecule has 2 aliphatic rings. The number of hydrogen-bond acceptors (Lipinski definition) is 9. The molecule has 0 radical (unpaired) electrons. The lowest BCUT2D eigenvalue weighted by Gasteiger charge is -2.48. The molecular formula is C21H21FN10O. The quantitative estimate of drug-likeness (QED) is 0.471. The van der Waals surface area contributed by atoms with Crippen LogP contribution in [0.5, 0.6) is 0 Å². The van der Waals surface area contributed by atoms with Crippen molar-refractivity contribution in [2.45, 2.75) is 24.2 Å². The van der Waals surface area contributed by atoms with Gasteiger partial charge in [-0.25, -0.2) is 18.4 Å². The van der Waals surface area contributed by atoms with Crippen molar-refractivity contribution in [2.24, 2.45) is 0 Å². The number of piperidine rings is 1. The van der Waals surface area contributed by atoms with Crippen LogP contribution in [0.1, 0.15) is 6.42 Å². The maximum absolute atomic E-state index is 15.0. The summed E-state index contributed by atoms with van der Waals surface area (Å²) in [5, 5.41) is 21.6. The molecular weight excluding hydrogens is 427 g/mol. The van der Waals surface area contributed by atoms with E-state index >= 15 is 0 Å². The van der Waals surface area contributed by atoms with Crippen molar-refractivity contribution in [3.05, 3.63) is 36.8 Å². The van der Waals surface area contributed by atoms with Gasteiger partial charge in [-0.3, -0.25) is 4.90 Å². The van der Waals surface area contributed by atoms with E-state index < -0.39 is 17.8 Å². The maximum Gasteiger partial charge on any atom is 0.243 e. The van der Waals surface area contributed by atoms with Gasteiger partial charge in [0.1, 0.15) is 11.7 Å². The summed E-state index contributed by atoms with van der Waals surface area (Å²) in [6.07, 6.45) is 4.56. The minimum absolute atomic E-state index is 0.155. The fraction of sp³-hybridized carbons (Fsp3) is 0.381. The van der Waals surface area contributed by atoms with Gasteiger partial charge in [0.15, 0.2) is 17.0 Å². The number of halogens is 1. The number of nitrogens with two attached hydrogens (primary N) is 1. The molecule has 0 bridgehead atoms. The van der Waals surface area contributed by atoms with Crippen LogP contribution in [0.15, 0.2) is 36.8 Å². The first-order chi connectivity index (χ1) is 16.1. The number of aromatic nitrogens is 6. The summed E-state index contributed by atoms with van der Waals surface area (Å²) in [6.45, 7) is 1.39. The lowest BCUT2D eigenvalue weighted by Crippen LogP contribution is -2.65. The zero-order valence-corrected chi connectivity index (χ0v) is 17.6. The van der Waals surface area contributed by atoms with E-state index in [1.54, 1.807) is 27.6 Å². The summed E-state index contributed by atoms with van der Waals surface area (Å²) in [7, 11) is 0. The van der Waals surface area contributed by atoms with E-state index in [1.165, 1.54) is 0 Å². The fourth-order valence-electron chi connectivity index (χ4n) is 4.51. The smallest absolute Gasteiger partial charge is 0.243 e. The Hall–Kier alpha value is -3.82. The second kappa shape index (κ2) is 7.36. The van der Waals surface area contributed by atoms with Gasteiger partial charge in [-0.1, -0.05) is 0 Å². The van der Waals surface area contributed by atoms with Gasteiger partial charge in [0, 0.05) is 37.2 Å². The lowest BCUT2D eigenvalue weighted by molar-refractivity contribution is -0.121. The van der Waals surface area contributed by atoms with Crippen molar-refractivity contribution in [2.75, 3.05) is 37.4 Å². The molecule has 0 aromatic carbocycles. The molecule has 2 saturated heterocycles. The predicted octanol–water partition coefficient (Wildman–Crippen LogP) is 1.14. The highest BCUT2D eigenvalue weighted by Crippen LogP contribution is 2.31. The van der Waals surface area contributed by atoms with Crippen molar-refractivity contribution in [1.82, 2.24) is 34.1 Å². The van der Waals surface area contributed by atoms with Crippen LogP contribution in [-0.4, -0.2) is 78.2 Å². The Kier molecular flexibility index (Phi) is 4.42. The third-order valence-electron chi connectivity index (χ3n) is 6.42. The van der Waals surface area contributed by atoms with Gasteiger partial charge in [-0.2, -0.15) is 15.3 Å². The van der Waals surface area contributed by atoms with Crippen LogP contribution >= 0.6 is 0 Å². The Balaban J connectivity index is 1.24. The van der Waals surface area contributed by atoms with Crippen LogP contribution < -0.4 is 11.1 Å². The second-order valence-electron chi connectivity index (χ2n) is 8.43. The summed E-state index contributed by atoms with van der Waals surface area (Å²) < 4.78 is 23.5. The van der Waals surface area contributed by atoms with Crippen molar-refractivity contribution in [1.29, 1.82) is 5.26 Å². The molecule has 168 valence electrons. The number of nitriles is 1. The van der Waals surface area contributed by atoms with Crippen LogP contribution in [0.25, 0.3) is 22.4 Å². The van der Waals surface area contributed by atoms with E-state index in [4.69, 9.17) is 10.5 Å². The number of anilines is 2. The predicted molar refractivity (Wildman–Crippen MR) is 117 cm³/mol. The third-order valence-corrected chi connectivity index (χ3v) is 6.42. The minimum Gasteiger partial charge on any atom is -0.382 e. The molecule has 33 heavy (non-hydrogen) atoms. The van der Waals surface area contributed by atoms with Gasteiger partial charge in [0.05, 0.1) is 31.0 Å². The van der Waals surface area contributed by atoms with Gasteiger partial charge in [0.2, 0.25) is 5.95 Å². The number of rotatable bonds is 4. The molecule has 6 rings (SSSR count). The number of nitrogens with zero attached hydrogens (tertiary/aromatic N) is 8. The van der Waals surface area contributed by atoms with Crippen LogP contribution in [0.4, 0.5) is 16.2 Å². The van der Waals surface area contributed by atoms with Gasteiger partial charge in [0.25, 0.3) is 0 Å². The highest BCUT2D eigenvalue weighted by Gasteiger charge is 2.47. The van der Waals surface area contributed by atoms with E-state index in [-0.39, 0.29) is 18.3 Å². The SMILES string of the molecule is N#CC1(N2CC[C@H](Nc3nc(N)c4c(-c5ccc6nccn6n5)ccn4n3)[C@H](F)C2)COC1. The summed E-state index contributed by atoms with van der Waals surface area (Å²) in [5.74, 6) is 0.520. The molecule has 2 fully saturated rings. The first kappa shape index (κ1) is 19.8. The molecule has 4 aromatic heterocycles. The molecule has 12 heteroatoms. The van der Waals surface area contributed by atoms with Gasteiger partial charge < -0.3 is 15.8 Å². The number of fused-ring (bicyclic) bond motifs is 2. The first-order valence-electron chi connectivity index (χ1n) is 10.7. The van der Waals surface area contributed by atoms with Crippen molar-refractivity contribution >= 4 is 22.9 Å². The average Bonchev–Trinajstić information content (AvgIpc) is 3.42. The lowest BCUT2D eigenvalue weighted by atomic mass is 9.92. The monoisotopic (exact) mass is 448 g/mol. The Morgan fingerprint density at radius 2 is 2.09 bits per heavy atom. The van der Waals surface area contributed by atoms with E-state index in [9.17, 15) is 9.65 Å². The summed E-state index contributed by atoms with van der Waals surface area (Å²) >= 11 is 0. The normalized spacial score (nSPS) is 22.8.